The number of ketones is 2. The highest BCUT2D eigenvalue weighted by Crippen LogP contribution is 2.41. The fraction of sp³-hybridized carbons (Fsp3) is 0.890. The molecule has 87 heavy (non-hydrogen) atoms. The molecule has 5 fully saturated rings. The van der Waals surface area contributed by atoms with Crippen LogP contribution >= 0.6 is 0 Å². The molecule has 0 amide bonds. The SMILES string of the molecule is CCCCCC1C(=O)CCC1CC(=O)OCC=C(C)C.CCCCCC1C(=O)CCC1CC(=O)OCCC.CCCCCC1C(O)CCC1CC(=O)OCC.CCCCCC1C(O)CCC1CC(=O)OCCC.CCCCCC1C(O)CCC1CCO. The van der Waals surface area contributed by atoms with Crippen LogP contribution in [0.1, 0.15) is 307 Å². The number of carbonyl (C=O) groups is 6. The summed E-state index contributed by atoms with van der Waals surface area (Å²) in [4.78, 5) is 70.2. The molecule has 5 rings (SSSR count). The molecule has 0 aliphatic heterocycles. The first-order chi connectivity index (χ1) is 41.9. The van der Waals surface area contributed by atoms with Gasteiger partial charge in [0.05, 0.1) is 38.1 Å². The second-order valence-electron chi connectivity index (χ2n) is 26.5. The average Bonchev–Trinajstić information content (AvgIpc) is 4.05. The van der Waals surface area contributed by atoms with Crippen LogP contribution in [-0.2, 0) is 47.7 Å². The number of unbranched alkanes of at least 4 members (excludes halogenated alkanes) is 10. The lowest BCUT2D eigenvalue weighted by atomic mass is 9.87. The first kappa shape index (κ1) is 81.8. The first-order valence-electron chi connectivity index (χ1n) is 35.9. The zero-order valence-corrected chi connectivity index (χ0v) is 57.2. The van der Waals surface area contributed by atoms with Gasteiger partial charge in [0.15, 0.2) is 0 Å². The predicted octanol–water partition coefficient (Wildman–Crippen LogP) is 16.1. The van der Waals surface area contributed by atoms with Gasteiger partial charge in [0.1, 0.15) is 18.2 Å². The average molecular weight is 1230 g/mol. The molecule has 5 aliphatic carbocycles. The maximum atomic E-state index is 11.9. The first-order valence-corrected chi connectivity index (χ1v) is 35.9. The van der Waals surface area contributed by atoms with E-state index in [4.69, 9.17) is 24.1 Å². The molecule has 0 aromatic carbocycles. The Bertz CT molecular complexity index is 1830. The standard InChI is InChI=1S/C17H28O3.C15H28O3.C15H26O3.C14H26O3.C12H24O2/c1-4-5-6-7-15-14(8-9-16(15)18)12-17(19)20-11-10-13(2)3;2*1-3-5-6-7-13-12(8-9-14(13)16)11-15(17)18-10-4-2;1-3-5-6-7-12-11(8-9-13(12)15)10-14(16)17-4-2;1-2-3-4-5-11-10(8-9-13)6-7-12(11)14/h10,14-15H,4-9,11-12H2,1-3H3;12-14,16H,3-11H2,1-2H3;12-13H,3-11H2,1-2H3;11-13,15H,3-10H2,1-2H3;10-14H,2-9H2,1H3. The van der Waals surface area contributed by atoms with Crippen molar-refractivity contribution in [1.29, 1.82) is 0 Å². The van der Waals surface area contributed by atoms with Crippen LogP contribution < -0.4 is 0 Å². The molecule has 13 unspecified atom stereocenters. The van der Waals surface area contributed by atoms with Gasteiger partial charge in [-0.3, -0.25) is 28.8 Å². The summed E-state index contributed by atoms with van der Waals surface area (Å²) in [6.45, 7) is 22.8. The Morgan fingerprint density at radius 3 is 1.08 bits per heavy atom. The fourth-order valence-electron chi connectivity index (χ4n) is 14.0. The second-order valence-corrected chi connectivity index (χ2v) is 26.5. The third-order valence-electron chi connectivity index (χ3n) is 19.1. The summed E-state index contributed by atoms with van der Waals surface area (Å²) < 4.78 is 20.4. The number of carbonyl (C=O) groups excluding carboxylic acids is 6. The summed E-state index contributed by atoms with van der Waals surface area (Å²) in [5.41, 5.74) is 1.14. The van der Waals surface area contributed by atoms with Crippen molar-refractivity contribution in [3.63, 3.8) is 0 Å². The number of Topliss-reactive ketones (excluding diaryl/α,β-unsaturated/α-hetero) is 2. The monoisotopic (exact) mass is 1230 g/mol. The highest BCUT2D eigenvalue weighted by atomic mass is 16.5. The van der Waals surface area contributed by atoms with Gasteiger partial charge in [0.25, 0.3) is 0 Å². The van der Waals surface area contributed by atoms with E-state index >= 15 is 0 Å². The van der Waals surface area contributed by atoms with Gasteiger partial charge in [0, 0.05) is 57.0 Å². The minimum absolute atomic E-state index is 0.0866. The Morgan fingerprint density at radius 1 is 0.402 bits per heavy atom. The molecule has 508 valence electrons. The molecular weight excluding hydrogens is 1100 g/mol. The third kappa shape index (κ3) is 35.8. The Kier molecular flexibility index (Phi) is 48.4. The molecule has 0 bridgehead atoms. The summed E-state index contributed by atoms with van der Waals surface area (Å²) in [5.74, 6) is 3.21. The van der Waals surface area contributed by atoms with Crippen molar-refractivity contribution < 1.29 is 68.1 Å². The quantitative estimate of drug-likeness (QED) is 0.0197. The predicted molar refractivity (Wildman–Crippen MR) is 350 cm³/mol. The van der Waals surface area contributed by atoms with E-state index in [-0.39, 0.29) is 72.5 Å². The van der Waals surface area contributed by atoms with E-state index in [0.717, 1.165) is 134 Å². The molecule has 0 radical (unpaired) electrons. The Morgan fingerprint density at radius 2 is 0.736 bits per heavy atom. The van der Waals surface area contributed by atoms with Gasteiger partial charge in [-0.15, -0.1) is 0 Å². The largest absolute Gasteiger partial charge is 0.466 e. The maximum Gasteiger partial charge on any atom is 0.306 e. The van der Waals surface area contributed by atoms with Gasteiger partial charge in [-0.1, -0.05) is 150 Å². The van der Waals surface area contributed by atoms with E-state index < -0.39 is 0 Å². The van der Waals surface area contributed by atoms with Crippen LogP contribution in [0.15, 0.2) is 11.6 Å². The van der Waals surface area contributed by atoms with Crippen molar-refractivity contribution in [2.45, 2.75) is 325 Å². The van der Waals surface area contributed by atoms with Crippen molar-refractivity contribution in [1.82, 2.24) is 0 Å². The van der Waals surface area contributed by atoms with Gasteiger partial charge in [-0.2, -0.15) is 0 Å². The lowest BCUT2D eigenvalue weighted by Crippen LogP contribution is -2.22. The molecule has 0 heterocycles. The number of esters is 4. The number of hydrogen-bond acceptors (Lipinski definition) is 14. The minimum Gasteiger partial charge on any atom is -0.466 e. The molecule has 14 heteroatoms. The smallest absolute Gasteiger partial charge is 0.306 e. The van der Waals surface area contributed by atoms with Gasteiger partial charge in [0.2, 0.25) is 0 Å². The van der Waals surface area contributed by atoms with Crippen molar-refractivity contribution >= 4 is 35.4 Å². The fourth-order valence-corrected chi connectivity index (χ4v) is 14.0. The summed E-state index contributed by atoms with van der Waals surface area (Å²) in [7, 11) is 0. The van der Waals surface area contributed by atoms with Crippen LogP contribution in [-0.4, -0.2) is 107 Å². The molecule has 0 aromatic rings. The van der Waals surface area contributed by atoms with Crippen LogP contribution in [0.2, 0.25) is 0 Å². The highest BCUT2D eigenvalue weighted by Gasteiger charge is 2.39. The van der Waals surface area contributed by atoms with E-state index in [1.807, 2.05) is 40.7 Å². The van der Waals surface area contributed by atoms with Crippen molar-refractivity contribution in [2.24, 2.45) is 59.2 Å². The third-order valence-corrected chi connectivity index (χ3v) is 19.1. The van der Waals surface area contributed by atoms with E-state index in [1.165, 1.54) is 70.6 Å². The maximum absolute atomic E-state index is 11.9. The molecule has 0 aromatic heterocycles. The normalized spacial score (nSPS) is 26.3. The molecule has 14 nitrogen and oxygen atoms in total. The molecule has 5 saturated carbocycles. The topological polar surface area (TPSA) is 220 Å². The van der Waals surface area contributed by atoms with Crippen LogP contribution in [0.3, 0.4) is 0 Å². The molecule has 0 spiro atoms. The number of aliphatic hydroxyl groups is 4. The number of allylic oxidation sites excluding steroid dienone is 1. The van der Waals surface area contributed by atoms with Gasteiger partial charge in [-0.25, -0.2) is 0 Å². The second kappa shape index (κ2) is 51.4. The Labute approximate surface area is 530 Å². The lowest BCUT2D eigenvalue weighted by Gasteiger charge is -2.21. The summed E-state index contributed by atoms with van der Waals surface area (Å²) in [6, 6.07) is 0. The Hall–Kier alpha value is -3.20. The van der Waals surface area contributed by atoms with Gasteiger partial charge >= 0.3 is 23.9 Å². The van der Waals surface area contributed by atoms with Crippen molar-refractivity contribution in [3.05, 3.63) is 11.6 Å². The molecule has 0 saturated heterocycles. The van der Waals surface area contributed by atoms with E-state index in [0.29, 0.717) is 112 Å². The zero-order valence-electron chi connectivity index (χ0n) is 57.2. The lowest BCUT2D eigenvalue weighted by molar-refractivity contribution is -0.146. The van der Waals surface area contributed by atoms with Crippen LogP contribution in [0.25, 0.3) is 0 Å². The Balaban J connectivity index is 0.000000546. The minimum atomic E-state index is -0.203. The summed E-state index contributed by atoms with van der Waals surface area (Å²) in [6.07, 6.45) is 37.5. The summed E-state index contributed by atoms with van der Waals surface area (Å²) >= 11 is 0. The summed E-state index contributed by atoms with van der Waals surface area (Å²) in [5, 5.41) is 38.7. The number of aliphatic hydroxyl groups excluding tert-OH is 4. The van der Waals surface area contributed by atoms with E-state index in [9.17, 15) is 44.1 Å². The number of ether oxygens (including phenoxy) is 4. The van der Waals surface area contributed by atoms with Crippen LogP contribution in [0.4, 0.5) is 0 Å². The number of hydrogen-bond donors (Lipinski definition) is 4. The molecule has 13 atom stereocenters. The van der Waals surface area contributed by atoms with Crippen molar-refractivity contribution in [2.75, 3.05) is 33.0 Å². The van der Waals surface area contributed by atoms with Gasteiger partial charge < -0.3 is 39.4 Å². The highest BCUT2D eigenvalue weighted by molar-refractivity contribution is 5.85. The van der Waals surface area contributed by atoms with Crippen LogP contribution in [0.5, 0.6) is 0 Å². The van der Waals surface area contributed by atoms with Gasteiger partial charge in [-0.05, 0) is 177 Å². The molecular formula is C73H132O14. The van der Waals surface area contributed by atoms with E-state index in [1.54, 1.807) is 0 Å². The molecule has 5 aliphatic rings. The number of rotatable bonds is 37. The van der Waals surface area contributed by atoms with Crippen LogP contribution in [0, 0.1) is 59.2 Å². The van der Waals surface area contributed by atoms with Crippen molar-refractivity contribution in [3.8, 4) is 0 Å². The zero-order chi connectivity index (χ0) is 64.8. The van der Waals surface area contributed by atoms with E-state index in [2.05, 4.69) is 34.6 Å². The molecule has 4 N–H and O–H groups in total.